The number of amides is 1. The number of fused-ring (bicyclic) bond motifs is 1. The molecule has 0 saturated carbocycles. The topological polar surface area (TPSA) is 113 Å². The number of para-hydroxylation sites is 1. The third-order valence-corrected chi connectivity index (χ3v) is 7.18. The van der Waals surface area contributed by atoms with Crippen molar-refractivity contribution in [2.24, 2.45) is 7.05 Å². The minimum absolute atomic E-state index is 0.0130. The van der Waals surface area contributed by atoms with Gasteiger partial charge in [0.05, 0.1) is 22.8 Å². The lowest BCUT2D eigenvalue weighted by Crippen LogP contribution is -2.37. The largest absolute Gasteiger partial charge is 0.350 e. The number of aromatic nitrogens is 4. The van der Waals surface area contributed by atoms with Crippen molar-refractivity contribution < 1.29 is 13.2 Å². The van der Waals surface area contributed by atoms with Crippen LogP contribution in [0.15, 0.2) is 30.3 Å². The van der Waals surface area contributed by atoms with Gasteiger partial charge in [-0.3, -0.25) is 18.9 Å². The van der Waals surface area contributed by atoms with Crippen LogP contribution in [0.2, 0.25) is 0 Å². The number of anilines is 1. The van der Waals surface area contributed by atoms with Gasteiger partial charge in [-0.25, -0.2) is 8.42 Å². The molecule has 4 rings (SSSR count). The molecule has 3 aromatic rings. The molecule has 0 unspecified atom stereocenters. The maximum atomic E-state index is 12.7. The van der Waals surface area contributed by atoms with Crippen LogP contribution >= 0.6 is 0 Å². The molecule has 0 spiro atoms. The molecule has 0 saturated heterocycles. The molecule has 1 amide bonds. The zero-order chi connectivity index (χ0) is 21.5. The molecule has 2 aromatic heterocycles. The summed E-state index contributed by atoms with van der Waals surface area (Å²) in [5.74, 6) is -0.570. The average Bonchev–Trinajstić information content (AvgIpc) is 3.40. The van der Waals surface area contributed by atoms with Crippen LogP contribution < -0.4 is 9.62 Å². The fourth-order valence-electron chi connectivity index (χ4n) is 3.81. The van der Waals surface area contributed by atoms with Gasteiger partial charge in [-0.1, -0.05) is 18.2 Å². The second kappa shape index (κ2) is 7.60. The molecule has 0 fully saturated rings. The van der Waals surface area contributed by atoms with Crippen LogP contribution in [0.5, 0.6) is 0 Å². The lowest BCUT2D eigenvalue weighted by molar-refractivity contribution is 0.0951. The SMILES string of the molecule is Cc1nn(C)c(C)c1-c1cc(C(=O)NCCS(=O)(=O)N2CCc3ccccc32)[nH]n1. The second-order valence-electron chi connectivity index (χ2n) is 7.36. The Morgan fingerprint density at radius 1 is 1.27 bits per heavy atom. The van der Waals surface area contributed by atoms with E-state index in [9.17, 15) is 13.2 Å². The molecule has 0 radical (unpaired) electrons. The van der Waals surface area contributed by atoms with Gasteiger partial charge in [0.15, 0.2) is 0 Å². The summed E-state index contributed by atoms with van der Waals surface area (Å²) < 4.78 is 28.6. The van der Waals surface area contributed by atoms with E-state index in [1.807, 2.05) is 45.2 Å². The van der Waals surface area contributed by atoms with Gasteiger partial charge in [-0.05, 0) is 38.0 Å². The van der Waals surface area contributed by atoms with E-state index in [1.165, 1.54) is 4.31 Å². The number of aryl methyl sites for hydroxylation is 2. The summed E-state index contributed by atoms with van der Waals surface area (Å²) >= 11 is 0. The van der Waals surface area contributed by atoms with E-state index in [0.717, 1.165) is 28.2 Å². The number of sulfonamides is 1. The summed E-state index contributed by atoms with van der Waals surface area (Å²) in [6, 6.07) is 9.14. The predicted octanol–water partition coefficient (Wildman–Crippen LogP) is 1.55. The van der Waals surface area contributed by atoms with Crippen molar-refractivity contribution in [2.45, 2.75) is 20.3 Å². The molecule has 9 nitrogen and oxygen atoms in total. The first-order chi connectivity index (χ1) is 14.3. The monoisotopic (exact) mass is 428 g/mol. The van der Waals surface area contributed by atoms with Gasteiger partial charge in [0.25, 0.3) is 5.91 Å². The Labute approximate surface area is 175 Å². The Hall–Kier alpha value is -3.14. The van der Waals surface area contributed by atoms with E-state index in [4.69, 9.17) is 0 Å². The molecule has 1 aliphatic heterocycles. The quantitative estimate of drug-likeness (QED) is 0.619. The Morgan fingerprint density at radius 2 is 2.03 bits per heavy atom. The van der Waals surface area contributed by atoms with Crippen molar-refractivity contribution in [3.8, 4) is 11.3 Å². The van der Waals surface area contributed by atoms with E-state index < -0.39 is 15.9 Å². The fraction of sp³-hybridized carbons (Fsp3) is 0.350. The number of rotatable bonds is 6. The average molecular weight is 429 g/mol. The number of nitrogens with zero attached hydrogens (tertiary/aromatic N) is 4. The lowest BCUT2D eigenvalue weighted by Gasteiger charge is -2.19. The molecule has 30 heavy (non-hydrogen) atoms. The minimum Gasteiger partial charge on any atom is -0.350 e. The molecule has 1 aliphatic rings. The van der Waals surface area contributed by atoms with Crippen LogP contribution in [-0.4, -0.2) is 53.1 Å². The summed E-state index contributed by atoms with van der Waals surface area (Å²) in [6.45, 7) is 4.27. The van der Waals surface area contributed by atoms with E-state index >= 15 is 0 Å². The lowest BCUT2D eigenvalue weighted by atomic mass is 10.1. The van der Waals surface area contributed by atoms with Crippen molar-refractivity contribution in [1.82, 2.24) is 25.3 Å². The Kier molecular flexibility index (Phi) is 5.10. The van der Waals surface area contributed by atoms with Gasteiger partial charge in [-0.15, -0.1) is 0 Å². The van der Waals surface area contributed by atoms with Crippen molar-refractivity contribution in [3.63, 3.8) is 0 Å². The predicted molar refractivity (Wildman–Crippen MR) is 114 cm³/mol. The number of H-pyrrole nitrogens is 1. The highest BCUT2D eigenvalue weighted by Gasteiger charge is 2.28. The third-order valence-electron chi connectivity index (χ3n) is 5.41. The molecule has 0 aliphatic carbocycles. The van der Waals surface area contributed by atoms with Gasteiger partial charge in [0, 0.05) is 31.4 Å². The minimum atomic E-state index is -3.52. The number of carbonyl (C=O) groups is 1. The van der Waals surface area contributed by atoms with Crippen LogP contribution in [0.3, 0.4) is 0 Å². The summed E-state index contributed by atoms with van der Waals surface area (Å²) in [4.78, 5) is 12.5. The van der Waals surface area contributed by atoms with E-state index in [2.05, 4.69) is 20.6 Å². The zero-order valence-electron chi connectivity index (χ0n) is 17.1. The zero-order valence-corrected chi connectivity index (χ0v) is 18.0. The molecule has 0 bridgehead atoms. The van der Waals surface area contributed by atoms with Crippen LogP contribution in [0.1, 0.15) is 27.4 Å². The van der Waals surface area contributed by atoms with E-state index in [0.29, 0.717) is 18.7 Å². The summed E-state index contributed by atoms with van der Waals surface area (Å²) in [6.07, 6.45) is 0.700. The second-order valence-corrected chi connectivity index (χ2v) is 9.37. The van der Waals surface area contributed by atoms with Crippen molar-refractivity contribution in [3.05, 3.63) is 53.0 Å². The van der Waals surface area contributed by atoms with Crippen LogP contribution in [0.25, 0.3) is 11.3 Å². The molecular weight excluding hydrogens is 404 g/mol. The third kappa shape index (κ3) is 3.58. The van der Waals surface area contributed by atoms with Gasteiger partial charge in [0.2, 0.25) is 10.0 Å². The Bertz CT molecular complexity index is 1210. The molecule has 10 heteroatoms. The standard InChI is InChI=1S/C20H24N6O3S/c1-13-19(14(2)25(3)24-13)16-12-17(23-22-16)20(27)21-9-11-30(28,29)26-10-8-15-6-4-5-7-18(15)26/h4-7,12H,8-11H2,1-3H3,(H,21,27)(H,22,23). The number of aromatic amines is 1. The fourth-order valence-corrected chi connectivity index (χ4v) is 5.23. The summed E-state index contributed by atoms with van der Waals surface area (Å²) in [5.41, 5.74) is 5.30. The van der Waals surface area contributed by atoms with Gasteiger partial charge < -0.3 is 5.32 Å². The van der Waals surface area contributed by atoms with E-state index in [-0.39, 0.29) is 18.0 Å². The van der Waals surface area contributed by atoms with Crippen molar-refractivity contribution in [1.29, 1.82) is 0 Å². The molecular formula is C20H24N6O3S. The first-order valence-electron chi connectivity index (χ1n) is 9.70. The van der Waals surface area contributed by atoms with E-state index in [1.54, 1.807) is 10.7 Å². The highest BCUT2D eigenvalue weighted by atomic mass is 32.2. The van der Waals surface area contributed by atoms with Crippen molar-refractivity contribution >= 4 is 21.6 Å². The smallest absolute Gasteiger partial charge is 0.269 e. The number of nitrogens with one attached hydrogen (secondary N) is 2. The van der Waals surface area contributed by atoms with Crippen LogP contribution in [0.4, 0.5) is 5.69 Å². The van der Waals surface area contributed by atoms with Gasteiger partial charge in [0.1, 0.15) is 5.69 Å². The summed E-state index contributed by atoms with van der Waals surface area (Å²) in [5, 5.41) is 14.0. The highest BCUT2D eigenvalue weighted by Crippen LogP contribution is 2.30. The molecule has 0 atom stereocenters. The number of hydrogen-bond acceptors (Lipinski definition) is 5. The van der Waals surface area contributed by atoms with Crippen LogP contribution in [0, 0.1) is 13.8 Å². The molecule has 158 valence electrons. The molecule has 3 heterocycles. The highest BCUT2D eigenvalue weighted by molar-refractivity contribution is 7.92. The number of carbonyl (C=O) groups excluding carboxylic acids is 1. The van der Waals surface area contributed by atoms with Crippen molar-refractivity contribution in [2.75, 3.05) is 23.1 Å². The van der Waals surface area contributed by atoms with Gasteiger partial charge in [-0.2, -0.15) is 10.2 Å². The Balaban J connectivity index is 1.39. The molecule has 2 N–H and O–H groups in total. The summed E-state index contributed by atoms with van der Waals surface area (Å²) in [7, 11) is -1.66. The molecule has 1 aromatic carbocycles. The maximum absolute atomic E-state index is 12.7. The number of hydrogen-bond donors (Lipinski definition) is 2. The van der Waals surface area contributed by atoms with Crippen LogP contribution in [-0.2, 0) is 23.5 Å². The first-order valence-corrected chi connectivity index (χ1v) is 11.3. The Morgan fingerprint density at radius 3 is 2.77 bits per heavy atom. The van der Waals surface area contributed by atoms with Gasteiger partial charge >= 0.3 is 0 Å². The normalized spacial score (nSPS) is 13.5. The first kappa shape index (κ1) is 20.1. The number of benzene rings is 1. The maximum Gasteiger partial charge on any atom is 0.269 e.